The fourth-order valence-corrected chi connectivity index (χ4v) is 3.84. The Morgan fingerprint density at radius 2 is 1.59 bits per heavy atom. The molecule has 1 saturated carbocycles. The highest BCUT2D eigenvalue weighted by Crippen LogP contribution is 2.30. The fourth-order valence-electron chi connectivity index (χ4n) is 3.84. The molecule has 4 heteroatoms. The molecule has 0 bridgehead atoms. The SMILES string of the molecule is CC1CCCC(C)C1NC1CCN(C(=O)OC(C)(C)C)CC1. The first kappa shape index (κ1) is 17.6. The maximum atomic E-state index is 12.1. The number of amides is 1. The molecule has 128 valence electrons. The smallest absolute Gasteiger partial charge is 0.410 e. The van der Waals surface area contributed by atoms with Gasteiger partial charge in [-0.25, -0.2) is 4.79 Å². The summed E-state index contributed by atoms with van der Waals surface area (Å²) in [5, 5.41) is 3.89. The van der Waals surface area contributed by atoms with E-state index in [2.05, 4.69) is 19.2 Å². The normalized spacial score (nSPS) is 31.1. The number of nitrogens with zero attached hydrogens (tertiary/aromatic N) is 1. The highest BCUT2D eigenvalue weighted by atomic mass is 16.6. The van der Waals surface area contributed by atoms with Gasteiger partial charge in [0.25, 0.3) is 0 Å². The molecule has 2 rings (SSSR count). The van der Waals surface area contributed by atoms with Crippen LogP contribution in [0, 0.1) is 11.8 Å². The molecule has 22 heavy (non-hydrogen) atoms. The maximum Gasteiger partial charge on any atom is 0.410 e. The van der Waals surface area contributed by atoms with Gasteiger partial charge < -0.3 is 15.0 Å². The Bertz CT molecular complexity index is 360. The van der Waals surface area contributed by atoms with Crippen LogP contribution >= 0.6 is 0 Å². The maximum absolute atomic E-state index is 12.1. The highest BCUT2D eigenvalue weighted by molar-refractivity contribution is 5.68. The minimum atomic E-state index is -0.404. The summed E-state index contributed by atoms with van der Waals surface area (Å²) in [5.41, 5.74) is -0.404. The Kier molecular flexibility index (Phi) is 5.76. The van der Waals surface area contributed by atoms with Crippen LogP contribution in [0.2, 0.25) is 0 Å². The van der Waals surface area contributed by atoms with E-state index >= 15 is 0 Å². The highest BCUT2D eigenvalue weighted by Gasteiger charge is 2.32. The van der Waals surface area contributed by atoms with Crippen molar-refractivity contribution in [3.8, 4) is 0 Å². The Morgan fingerprint density at radius 1 is 1.05 bits per heavy atom. The van der Waals surface area contributed by atoms with E-state index in [1.54, 1.807) is 0 Å². The van der Waals surface area contributed by atoms with Crippen LogP contribution in [0.15, 0.2) is 0 Å². The van der Waals surface area contributed by atoms with E-state index in [0.29, 0.717) is 12.1 Å². The molecule has 0 aromatic carbocycles. The van der Waals surface area contributed by atoms with E-state index in [4.69, 9.17) is 4.74 Å². The quantitative estimate of drug-likeness (QED) is 0.843. The van der Waals surface area contributed by atoms with Crippen LogP contribution in [0.1, 0.15) is 66.7 Å². The van der Waals surface area contributed by atoms with Crippen LogP contribution in [-0.2, 0) is 4.74 Å². The Balaban J connectivity index is 1.78. The van der Waals surface area contributed by atoms with E-state index < -0.39 is 5.60 Å². The lowest BCUT2D eigenvalue weighted by Crippen LogP contribution is -2.52. The van der Waals surface area contributed by atoms with Gasteiger partial charge in [0.15, 0.2) is 0 Å². The summed E-state index contributed by atoms with van der Waals surface area (Å²) >= 11 is 0. The van der Waals surface area contributed by atoms with E-state index in [9.17, 15) is 4.79 Å². The van der Waals surface area contributed by atoms with Crippen molar-refractivity contribution in [3.63, 3.8) is 0 Å². The number of carbonyl (C=O) groups excluding carboxylic acids is 1. The minimum Gasteiger partial charge on any atom is -0.444 e. The molecule has 1 N–H and O–H groups in total. The van der Waals surface area contributed by atoms with E-state index in [-0.39, 0.29) is 6.09 Å². The molecule has 1 aliphatic heterocycles. The molecule has 2 atom stereocenters. The molecule has 1 saturated heterocycles. The lowest BCUT2D eigenvalue weighted by atomic mass is 9.78. The molecule has 0 aromatic heterocycles. The zero-order chi connectivity index (χ0) is 16.3. The van der Waals surface area contributed by atoms with Crippen molar-refractivity contribution >= 4 is 6.09 Å². The predicted octanol–water partition coefficient (Wildman–Crippen LogP) is 3.80. The number of nitrogens with one attached hydrogen (secondary N) is 1. The van der Waals surface area contributed by atoms with Gasteiger partial charge in [0.2, 0.25) is 0 Å². The summed E-state index contributed by atoms with van der Waals surface area (Å²) < 4.78 is 5.46. The number of piperidine rings is 1. The Labute approximate surface area is 136 Å². The Morgan fingerprint density at radius 3 is 2.09 bits per heavy atom. The van der Waals surface area contributed by atoms with Crippen molar-refractivity contribution in [2.24, 2.45) is 11.8 Å². The van der Waals surface area contributed by atoms with Crippen LogP contribution in [0.5, 0.6) is 0 Å². The summed E-state index contributed by atoms with van der Waals surface area (Å²) in [5.74, 6) is 1.54. The molecule has 1 amide bonds. The Hall–Kier alpha value is -0.770. The summed E-state index contributed by atoms with van der Waals surface area (Å²) in [7, 11) is 0. The van der Waals surface area contributed by atoms with E-state index in [1.165, 1.54) is 19.3 Å². The average Bonchev–Trinajstić information content (AvgIpc) is 2.42. The van der Waals surface area contributed by atoms with Crippen LogP contribution < -0.4 is 5.32 Å². The monoisotopic (exact) mass is 310 g/mol. The molecular weight excluding hydrogens is 276 g/mol. The third-order valence-electron chi connectivity index (χ3n) is 5.12. The molecule has 0 aromatic rings. The molecule has 1 aliphatic carbocycles. The molecule has 2 unspecified atom stereocenters. The number of likely N-dealkylation sites (tertiary alicyclic amines) is 1. The number of ether oxygens (including phenoxy) is 1. The third-order valence-corrected chi connectivity index (χ3v) is 5.12. The van der Waals surface area contributed by atoms with Crippen molar-refractivity contribution in [2.75, 3.05) is 13.1 Å². The average molecular weight is 310 g/mol. The van der Waals surface area contributed by atoms with Crippen molar-refractivity contribution in [1.29, 1.82) is 0 Å². The van der Waals surface area contributed by atoms with Crippen LogP contribution in [0.4, 0.5) is 4.79 Å². The first-order valence-corrected chi connectivity index (χ1v) is 9.00. The molecule has 2 fully saturated rings. The summed E-state index contributed by atoms with van der Waals surface area (Å²) in [6.07, 6.45) is 5.98. The van der Waals surface area contributed by atoms with Crippen LogP contribution in [0.3, 0.4) is 0 Å². The first-order valence-electron chi connectivity index (χ1n) is 9.00. The van der Waals surface area contributed by atoms with Gasteiger partial charge >= 0.3 is 6.09 Å². The second kappa shape index (κ2) is 7.20. The topological polar surface area (TPSA) is 41.6 Å². The van der Waals surface area contributed by atoms with Gasteiger partial charge in [-0.05, 0) is 58.3 Å². The van der Waals surface area contributed by atoms with Gasteiger partial charge in [-0.3, -0.25) is 0 Å². The van der Waals surface area contributed by atoms with Gasteiger partial charge in [-0.1, -0.05) is 20.3 Å². The number of carbonyl (C=O) groups is 1. The number of hydrogen-bond donors (Lipinski definition) is 1. The number of hydrogen-bond acceptors (Lipinski definition) is 3. The van der Waals surface area contributed by atoms with Gasteiger partial charge in [-0.15, -0.1) is 0 Å². The lowest BCUT2D eigenvalue weighted by molar-refractivity contribution is 0.0188. The number of rotatable bonds is 2. The zero-order valence-corrected chi connectivity index (χ0v) is 15.0. The summed E-state index contributed by atoms with van der Waals surface area (Å²) in [4.78, 5) is 14.0. The van der Waals surface area contributed by atoms with Gasteiger partial charge in [-0.2, -0.15) is 0 Å². The van der Waals surface area contributed by atoms with E-state index in [1.807, 2.05) is 25.7 Å². The molecule has 4 nitrogen and oxygen atoms in total. The largest absolute Gasteiger partial charge is 0.444 e. The molecule has 0 radical (unpaired) electrons. The third kappa shape index (κ3) is 4.87. The van der Waals surface area contributed by atoms with Gasteiger partial charge in [0, 0.05) is 25.2 Å². The zero-order valence-electron chi connectivity index (χ0n) is 15.0. The summed E-state index contributed by atoms with van der Waals surface area (Å²) in [6.45, 7) is 12.1. The van der Waals surface area contributed by atoms with Crippen molar-refractivity contribution in [3.05, 3.63) is 0 Å². The van der Waals surface area contributed by atoms with Gasteiger partial charge in [0.05, 0.1) is 0 Å². The van der Waals surface area contributed by atoms with Crippen molar-refractivity contribution < 1.29 is 9.53 Å². The van der Waals surface area contributed by atoms with Crippen molar-refractivity contribution in [2.45, 2.75) is 84.4 Å². The van der Waals surface area contributed by atoms with Crippen molar-refractivity contribution in [1.82, 2.24) is 10.2 Å². The second-order valence-corrected chi connectivity index (χ2v) is 8.32. The molecular formula is C18H34N2O2. The molecule has 1 heterocycles. The predicted molar refractivity (Wildman–Crippen MR) is 89.9 cm³/mol. The van der Waals surface area contributed by atoms with Crippen LogP contribution in [-0.4, -0.2) is 41.8 Å². The standard InChI is InChI=1S/C18H34N2O2/c1-13-7-6-8-14(2)16(13)19-15-9-11-20(12-10-15)17(21)22-18(3,4)5/h13-16,19H,6-12H2,1-5H3. The fraction of sp³-hybridized carbons (Fsp3) is 0.944. The first-order chi connectivity index (χ1) is 10.3. The van der Waals surface area contributed by atoms with E-state index in [0.717, 1.165) is 37.8 Å². The van der Waals surface area contributed by atoms with Gasteiger partial charge in [0.1, 0.15) is 5.60 Å². The lowest BCUT2D eigenvalue weighted by Gasteiger charge is -2.40. The van der Waals surface area contributed by atoms with Crippen LogP contribution in [0.25, 0.3) is 0 Å². The molecule has 2 aliphatic rings. The molecule has 0 spiro atoms. The summed E-state index contributed by atoms with van der Waals surface area (Å²) in [6, 6.07) is 1.19. The second-order valence-electron chi connectivity index (χ2n) is 8.32. The minimum absolute atomic E-state index is 0.162.